The Bertz CT molecular complexity index is 1200. The van der Waals surface area contributed by atoms with Gasteiger partial charge in [0.25, 0.3) is 0 Å². The fraction of sp³-hybridized carbons (Fsp3) is 0.576. The normalized spacial score (nSPS) is 20.1. The molecule has 2 aromatic carbocycles. The second-order valence-electron chi connectivity index (χ2n) is 13.6. The van der Waals surface area contributed by atoms with E-state index >= 15 is 4.39 Å². The summed E-state index contributed by atoms with van der Waals surface area (Å²) in [7, 11) is 0. The van der Waals surface area contributed by atoms with Crippen LogP contribution in [-0.4, -0.2) is 71.1 Å². The van der Waals surface area contributed by atoms with Crippen molar-refractivity contribution in [1.29, 1.82) is 0 Å². The second-order valence-corrected chi connectivity index (χ2v) is 13.6. The molecule has 2 fully saturated rings. The van der Waals surface area contributed by atoms with Gasteiger partial charge in [-0.25, -0.2) is 13.6 Å². The van der Waals surface area contributed by atoms with E-state index in [2.05, 4.69) is 25.7 Å². The first-order valence-electron chi connectivity index (χ1n) is 14.7. The van der Waals surface area contributed by atoms with Crippen LogP contribution >= 0.6 is 0 Å². The van der Waals surface area contributed by atoms with E-state index in [1.807, 2.05) is 31.7 Å². The zero-order chi connectivity index (χ0) is 29.9. The van der Waals surface area contributed by atoms with Crippen LogP contribution in [0.4, 0.5) is 13.6 Å². The molecule has 2 aliphatic rings. The molecule has 224 valence electrons. The van der Waals surface area contributed by atoms with Gasteiger partial charge in [0.1, 0.15) is 17.2 Å². The third-order valence-electron chi connectivity index (χ3n) is 8.21. The Kier molecular flexibility index (Phi) is 9.42. The zero-order valence-corrected chi connectivity index (χ0v) is 25.3. The van der Waals surface area contributed by atoms with Crippen molar-refractivity contribution in [3.63, 3.8) is 0 Å². The number of likely N-dealkylation sites (tertiary alicyclic amines) is 1. The van der Waals surface area contributed by atoms with Crippen molar-refractivity contribution in [2.24, 2.45) is 11.3 Å². The molecule has 2 amide bonds. The number of hydrogen-bond acceptors (Lipinski definition) is 4. The number of carbonyl (C=O) groups is 2. The molecule has 0 radical (unpaired) electrons. The van der Waals surface area contributed by atoms with Gasteiger partial charge in [0.2, 0.25) is 5.91 Å². The summed E-state index contributed by atoms with van der Waals surface area (Å²) in [5.74, 6) is -0.291. The van der Waals surface area contributed by atoms with Gasteiger partial charge in [0.05, 0.1) is 6.04 Å². The van der Waals surface area contributed by atoms with Crippen molar-refractivity contribution in [1.82, 2.24) is 14.7 Å². The Morgan fingerprint density at radius 3 is 2.12 bits per heavy atom. The van der Waals surface area contributed by atoms with Gasteiger partial charge < -0.3 is 14.5 Å². The van der Waals surface area contributed by atoms with Crippen LogP contribution in [0.25, 0.3) is 0 Å². The maximum atomic E-state index is 15.1. The quantitative estimate of drug-likeness (QED) is 0.405. The highest BCUT2D eigenvalue weighted by Gasteiger charge is 2.41. The van der Waals surface area contributed by atoms with Crippen molar-refractivity contribution in [2.45, 2.75) is 78.5 Å². The van der Waals surface area contributed by atoms with Gasteiger partial charge in [-0.1, -0.05) is 51.1 Å². The molecule has 4 rings (SSSR count). The van der Waals surface area contributed by atoms with E-state index < -0.39 is 11.6 Å². The smallest absolute Gasteiger partial charge is 0.410 e. The molecule has 6 nitrogen and oxygen atoms in total. The Morgan fingerprint density at radius 1 is 0.902 bits per heavy atom. The number of halogens is 2. The van der Waals surface area contributed by atoms with E-state index in [9.17, 15) is 14.0 Å². The molecule has 2 aromatic rings. The first-order chi connectivity index (χ1) is 19.2. The lowest BCUT2D eigenvalue weighted by molar-refractivity contribution is -0.141. The molecule has 41 heavy (non-hydrogen) atoms. The summed E-state index contributed by atoms with van der Waals surface area (Å²) in [6.45, 7) is 14.8. The standard InChI is InChI=1S/C33H45F2N3O3/c1-32(2,3)28-22-37(30(24-11-13-25(34)14-12-24)26-9-7-8-10-27(26)35)19-20-38(28)29(39)21-23-15-17-36(18-16-23)31(40)41-33(4,5)6/h7-14,23,28,30H,15-22H2,1-6H3. The summed E-state index contributed by atoms with van der Waals surface area (Å²) in [6, 6.07) is 12.5. The fourth-order valence-corrected chi connectivity index (χ4v) is 6.02. The molecule has 2 saturated heterocycles. The molecule has 0 bridgehead atoms. The third kappa shape index (κ3) is 7.85. The number of piperidine rings is 1. The van der Waals surface area contributed by atoms with E-state index in [0.29, 0.717) is 44.7 Å². The lowest BCUT2D eigenvalue weighted by Gasteiger charge is -2.50. The van der Waals surface area contributed by atoms with Crippen LogP contribution in [0.1, 0.15) is 78.0 Å². The average molecular weight is 570 g/mol. The highest BCUT2D eigenvalue weighted by atomic mass is 19.1. The minimum Gasteiger partial charge on any atom is -0.444 e. The number of rotatable bonds is 5. The Hall–Kier alpha value is -3.00. The monoisotopic (exact) mass is 569 g/mol. The first kappa shape index (κ1) is 30.9. The molecule has 0 N–H and O–H groups in total. The number of hydrogen-bond donors (Lipinski definition) is 0. The van der Waals surface area contributed by atoms with Crippen LogP contribution in [0, 0.1) is 23.0 Å². The zero-order valence-electron chi connectivity index (χ0n) is 25.3. The van der Waals surface area contributed by atoms with Crippen molar-refractivity contribution in [2.75, 3.05) is 32.7 Å². The van der Waals surface area contributed by atoms with Gasteiger partial charge in [-0.05, 0) is 68.7 Å². The molecule has 2 aliphatic heterocycles. The number of carbonyl (C=O) groups excluding carboxylic acids is 2. The summed E-state index contributed by atoms with van der Waals surface area (Å²) >= 11 is 0. The van der Waals surface area contributed by atoms with Gasteiger partial charge in [0.15, 0.2) is 0 Å². The Morgan fingerprint density at radius 2 is 1.54 bits per heavy atom. The SMILES string of the molecule is CC(C)(C)OC(=O)N1CCC(CC(=O)N2CCN(C(c3ccc(F)cc3)c3ccccc3F)CC2C(C)(C)C)CC1. The van der Waals surface area contributed by atoms with Crippen molar-refractivity contribution in [3.05, 3.63) is 71.3 Å². The van der Waals surface area contributed by atoms with Crippen molar-refractivity contribution >= 4 is 12.0 Å². The number of piperazine rings is 1. The molecule has 2 unspecified atom stereocenters. The number of ether oxygens (including phenoxy) is 1. The molecule has 0 aliphatic carbocycles. The predicted octanol–water partition coefficient (Wildman–Crippen LogP) is 6.65. The Labute approximate surface area is 243 Å². The van der Waals surface area contributed by atoms with Gasteiger partial charge in [0, 0.05) is 50.7 Å². The van der Waals surface area contributed by atoms with Gasteiger partial charge in [-0.3, -0.25) is 9.69 Å². The van der Waals surface area contributed by atoms with E-state index in [1.54, 1.807) is 29.2 Å². The molecule has 0 saturated carbocycles. The molecular weight excluding hydrogens is 524 g/mol. The largest absolute Gasteiger partial charge is 0.444 e. The second kappa shape index (κ2) is 12.5. The van der Waals surface area contributed by atoms with Gasteiger partial charge in [-0.15, -0.1) is 0 Å². The van der Waals surface area contributed by atoms with Gasteiger partial charge in [-0.2, -0.15) is 0 Å². The lowest BCUT2D eigenvalue weighted by atomic mass is 9.82. The minimum absolute atomic E-state index is 0.0830. The average Bonchev–Trinajstić information content (AvgIpc) is 2.90. The predicted molar refractivity (Wildman–Crippen MR) is 156 cm³/mol. The number of benzene rings is 2. The van der Waals surface area contributed by atoms with Crippen LogP contribution in [0.15, 0.2) is 48.5 Å². The summed E-state index contributed by atoms with van der Waals surface area (Å²) in [4.78, 5) is 32.2. The van der Waals surface area contributed by atoms with E-state index in [4.69, 9.17) is 4.74 Å². The molecule has 2 heterocycles. The van der Waals surface area contributed by atoms with Gasteiger partial charge >= 0.3 is 6.09 Å². The fourth-order valence-electron chi connectivity index (χ4n) is 6.02. The summed E-state index contributed by atoms with van der Waals surface area (Å²) in [6.07, 6.45) is 1.69. The highest BCUT2D eigenvalue weighted by molar-refractivity contribution is 5.77. The van der Waals surface area contributed by atoms with Crippen molar-refractivity contribution < 1.29 is 23.1 Å². The Balaban J connectivity index is 1.47. The van der Waals surface area contributed by atoms with E-state index in [1.165, 1.54) is 18.2 Å². The molecule has 8 heteroatoms. The summed E-state index contributed by atoms with van der Waals surface area (Å²) in [5.41, 5.74) is 0.622. The van der Waals surface area contributed by atoms with Crippen molar-refractivity contribution in [3.8, 4) is 0 Å². The third-order valence-corrected chi connectivity index (χ3v) is 8.21. The van der Waals surface area contributed by atoms with Crippen LogP contribution in [0.2, 0.25) is 0 Å². The van der Waals surface area contributed by atoms with E-state index in [-0.39, 0.29) is 41.0 Å². The highest BCUT2D eigenvalue weighted by Crippen LogP contribution is 2.37. The summed E-state index contributed by atoms with van der Waals surface area (Å²) < 4.78 is 34.4. The molecule has 0 spiro atoms. The van der Waals surface area contributed by atoms with Crippen LogP contribution in [0.5, 0.6) is 0 Å². The molecule has 2 atom stereocenters. The maximum absolute atomic E-state index is 15.1. The van der Waals surface area contributed by atoms with Crippen LogP contribution in [0.3, 0.4) is 0 Å². The topological polar surface area (TPSA) is 53.1 Å². The maximum Gasteiger partial charge on any atom is 0.410 e. The number of amides is 2. The lowest BCUT2D eigenvalue weighted by Crippen LogP contribution is -2.60. The van der Waals surface area contributed by atoms with Crippen LogP contribution < -0.4 is 0 Å². The number of nitrogens with zero attached hydrogens (tertiary/aromatic N) is 3. The molecule has 0 aromatic heterocycles. The van der Waals surface area contributed by atoms with E-state index in [0.717, 1.165) is 18.4 Å². The first-order valence-corrected chi connectivity index (χ1v) is 14.7. The molecular formula is C33H45F2N3O3. The van der Waals surface area contributed by atoms with Crippen LogP contribution in [-0.2, 0) is 9.53 Å². The minimum atomic E-state index is -0.532. The summed E-state index contributed by atoms with van der Waals surface area (Å²) in [5, 5.41) is 0.